The number of furan rings is 1. The van der Waals surface area contributed by atoms with Crippen molar-refractivity contribution in [2.45, 2.75) is 46.4 Å². The number of nitrogens with zero attached hydrogens (tertiary/aromatic N) is 2. The number of nitrogens with one attached hydrogen (secondary N) is 1. The van der Waals surface area contributed by atoms with Gasteiger partial charge in [-0.05, 0) is 44.5 Å². The van der Waals surface area contributed by atoms with Gasteiger partial charge in [-0.1, -0.05) is 6.92 Å². The lowest BCUT2D eigenvalue weighted by atomic mass is 10.2. The van der Waals surface area contributed by atoms with E-state index in [1.165, 1.54) is 0 Å². The molecule has 0 aliphatic heterocycles. The number of fused-ring (bicyclic) bond motifs is 1. The van der Waals surface area contributed by atoms with E-state index in [0.717, 1.165) is 34.0 Å². The maximum Gasteiger partial charge on any atom is 0.259 e. The summed E-state index contributed by atoms with van der Waals surface area (Å²) >= 11 is 1.54. The Hall–Kier alpha value is -2.00. The molecule has 3 heterocycles. The van der Waals surface area contributed by atoms with E-state index >= 15 is 0 Å². The summed E-state index contributed by atoms with van der Waals surface area (Å²) in [5.74, 6) is 1.35. The van der Waals surface area contributed by atoms with Gasteiger partial charge in [0.15, 0.2) is 0 Å². The van der Waals surface area contributed by atoms with E-state index in [1.807, 2.05) is 19.9 Å². The highest BCUT2D eigenvalue weighted by molar-refractivity contribution is 7.18. The van der Waals surface area contributed by atoms with E-state index in [1.54, 1.807) is 23.7 Å². The van der Waals surface area contributed by atoms with Gasteiger partial charge in [0, 0.05) is 11.4 Å². The van der Waals surface area contributed by atoms with Crippen molar-refractivity contribution in [3.63, 3.8) is 0 Å². The van der Waals surface area contributed by atoms with Crippen LogP contribution in [0.15, 0.2) is 27.6 Å². The van der Waals surface area contributed by atoms with Crippen LogP contribution in [-0.2, 0) is 17.9 Å². The zero-order valence-electron chi connectivity index (χ0n) is 16.5. The highest BCUT2D eigenvalue weighted by Gasteiger charge is 2.16. The molecule has 0 saturated carbocycles. The molecule has 8 heteroatoms. The second-order valence-electron chi connectivity index (χ2n) is 6.96. The zero-order chi connectivity index (χ0) is 20.1. The normalized spacial score (nSPS) is 12.9. The number of aromatic nitrogens is 2. The van der Waals surface area contributed by atoms with Crippen molar-refractivity contribution in [1.82, 2.24) is 14.9 Å². The summed E-state index contributed by atoms with van der Waals surface area (Å²) in [5.41, 5.74) is 0.899. The molecule has 0 aromatic carbocycles. The van der Waals surface area contributed by atoms with Gasteiger partial charge in [-0.25, -0.2) is 4.98 Å². The van der Waals surface area contributed by atoms with Crippen molar-refractivity contribution in [1.29, 1.82) is 0 Å². The summed E-state index contributed by atoms with van der Waals surface area (Å²) in [6, 6.07) is 3.64. The van der Waals surface area contributed by atoms with Gasteiger partial charge in [0.1, 0.15) is 23.0 Å². The second-order valence-corrected chi connectivity index (χ2v) is 8.16. The number of rotatable bonds is 10. The van der Waals surface area contributed by atoms with Crippen LogP contribution in [0.1, 0.15) is 35.4 Å². The van der Waals surface area contributed by atoms with Crippen LogP contribution in [0.4, 0.5) is 0 Å². The molecule has 0 bridgehead atoms. The average molecular weight is 406 g/mol. The standard InChI is InChI=1S/C20H27N3O4S/c1-4-7-23(9-15(24)11-26-12-16-6-5-8-27-16)10-17-21-19(25)18-13(2)14(3)28-20(18)22-17/h5-6,8,15,24H,4,7,9-12H2,1-3H3,(H,21,22,25). The number of hydrogen-bond acceptors (Lipinski definition) is 7. The first-order chi connectivity index (χ1) is 13.5. The third-order valence-electron chi connectivity index (χ3n) is 4.60. The number of H-pyrrole nitrogens is 1. The molecular weight excluding hydrogens is 378 g/mol. The molecule has 3 aromatic heterocycles. The predicted molar refractivity (Wildman–Crippen MR) is 110 cm³/mol. The van der Waals surface area contributed by atoms with Crippen LogP contribution < -0.4 is 5.56 Å². The number of hydrogen-bond donors (Lipinski definition) is 2. The Kier molecular flexibility index (Phi) is 7.01. The van der Waals surface area contributed by atoms with E-state index in [0.29, 0.717) is 30.9 Å². The predicted octanol–water partition coefficient (Wildman–Crippen LogP) is 2.98. The summed E-state index contributed by atoms with van der Waals surface area (Å²) in [7, 11) is 0. The van der Waals surface area contributed by atoms with Crippen molar-refractivity contribution >= 4 is 21.6 Å². The van der Waals surface area contributed by atoms with Crippen LogP contribution in [0, 0.1) is 13.8 Å². The van der Waals surface area contributed by atoms with Crippen molar-refractivity contribution in [2.75, 3.05) is 19.7 Å². The lowest BCUT2D eigenvalue weighted by Crippen LogP contribution is -2.36. The summed E-state index contributed by atoms with van der Waals surface area (Å²) in [5, 5.41) is 11.0. The number of aryl methyl sites for hydroxylation is 2. The molecule has 0 spiro atoms. The number of thiophene rings is 1. The molecule has 7 nitrogen and oxygen atoms in total. The quantitative estimate of drug-likeness (QED) is 0.539. The number of aliphatic hydroxyl groups is 1. The number of aromatic amines is 1. The van der Waals surface area contributed by atoms with Crippen molar-refractivity contribution in [3.05, 3.63) is 50.8 Å². The minimum Gasteiger partial charge on any atom is -0.467 e. The molecule has 0 fully saturated rings. The van der Waals surface area contributed by atoms with Gasteiger partial charge in [-0.15, -0.1) is 11.3 Å². The molecule has 152 valence electrons. The first-order valence-electron chi connectivity index (χ1n) is 9.47. The lowest BCUT2D eigenvalue weighted by molar-refractivity contribution is 0.00353. The van der Waals surface area contributed by atoms with Gasteiger partial charge < -0.3 is 19.2 Å². The van der Waals surface area contributed by atoms with Gasteiger partial charge >= 0.3 is 0 Å². The molecular formula is C20H27N3O4S. The summed E-state index contributed by atoms with van der Waals surface area (Å²) in [4.78, 5) is 24.0. The molecule has 0 saturated heterocycles. The Balaban J connectivity index is 1.62. The van der Waals surface area contributed by atoms with E-state index < -0.39 is 6.10 Å². The van der Waals surface area contributed by atoms with E-state index in [-0.39, 0.29) is 12.2 Å². The Morgan fingerprint density at radius 1 is 1.43 bits per heavy atom. The minimum atomic E-state index is -0.636. The molecule has 2 N–H and O–H groups in total. The topological polar surface area (TPSA) is 91.6 Å². The molecule has 0 aliphatic rings. The Labute approximate surface area is 168 Å². The SMILES string of the molecule is CCCN(Cc1nc2sc(C)c(C)c2c(=O)[nH]1)CC(O)COCc1ccco1. The number of aliphatic hydroxyl groups excluding tert-OH is 1. The fourth-order valence-electron chi connectivity index (χ4n) is 3.18. The highest BCUT2D eigenvalue weighted by atomic mass is 32.1. The van der Waals surface area contributed by atoms with Gasteiger partial charge in [-0.3, -0.25) is 9.69 Å². The van der Waals surface area contributed by atoms with E-state index in [9.17, 15) is 9.90 Å². The molecule has 0 radical (unpaired) electrons. The summed E-state index contributed by atoms with van der Waals surface area (Å²) in [6.45, 7) is 8.29. The summed E-state index contributed by atoms with van der Waals surface area (Å²) < 4.78 is 10.7. The third-order valence-corrected chi connectivity index (χ3v) is 5.71. The molecule has 1 unspecified atom stereocenters. The molecule has 3 aromatic rings. The van der Waals surface area contributed by atoms with Crippen LogP contribution in [-0.4, -0.2) is 45.8 Å². The summed E-state index contributed by atoms with van der Waals surface area (Å²) in [6.07, 6.45) is 1.89. The monoisotopic (exact) mass is 405 g/mol. The molecule has 0 aliphatic carbocycles. The average Bonchev–Trinajstić information content (AvgIpc) is 3.24. The fraction of sp³-hybridized carbons (Fsp3) is 0.500. The van der Waals surface area contributed by atoms with Crippen molar-refractivity contribution < 1.29 is 14.3 Å². The molecule has 3 rings (SSSR count). The molecule has 0 amide bonds. The molecule has 28 heavy (non-hydrogen) atoms. The first kappa shape index (κ1) is 20.7. The Bertz CT molecular complexity index is 948. The number of ether oxygens (including phenoxy) is 1. The maximum absolute atomic E-state index is 12.5. The van der Waals surface area contributed by atoms with Crippen LogP contribution in [0.5, 0.6) is 0 Å². The van der Waals surface area contributed by atoms with Crippen molar-refractivity contribution in [3.8, 4) is 0 Å². The molecule has 1 atom stereocenters. The van der Waals surface area contributed by atoms with E-state index in [2.05, 4.69) is 21.8 Å². The maximum atomic E-state index is 12.5. The van der Waals surface area contributed by atoms with Gasteiger partial charge in [0.2, 0.25) is 0 Å². The van der Waals surface area contributed by atoms with Crippen LogP contribution in [0.2, 0.25) is 0 Å². The third kappa shape index (κ3) is 5.08. The van der Waals surface area contributed by atoms with Crippen LogP contribution in [0.3, 0.4) is 0 Å². The van der Waals surface area contributed by atoms with E-state index in [4.69, 9.17) is 9.15 Å². The second kappa shape index (κ2) is 9.47. The van der Waals surface area contributed by atoms with Gasteiger partial charge in [0.25, 0.3) is 5.56 Å². The van der Waals surface area contributed by atoms with Crippen molar-refractivity contribution in [2.24, 2.45) is 0 Å². The minimum absolute atomic E-state index is 0.0966. The first-order valence-corrected chi connectivity index (χ1v) is 10.3. The van der Waals surface area contributed by atoms with Gasteiger partial charge in [0.05, 0.1) is 30.9 Å². The van der Waals surface area contributed by atoms with Gasteiger partial charge in [-0.2, -0.15) is 0 Å². The Morgan fingerprint density at radius 3 is 2.96 bits per heavy atom. The fourth-order valence-corrected chi connectivity index (χ4v) is 4.23. The lowest BCUT2D eigenvalue weighted by Gasteiger charge is -2.24. The van der Waals surface area contributed by atoms with Crippen LogP contribution >= 0.6 is 11.3 Å². The highest BCUT2D eigenvalue weighted by Crippen LogP contribution is 2.25. The largest absolute Gasteiger partial charge is 0.467 e. The smallest absolute Gasteiger partial charge is 0.259 e. The zero-order valence-corrected chi connectivity index (χ0v) is 17.3. The van der Waals surface area contributed by atoms with Crippen LogP contribution in [0.25, 0.3) is 10.2 Å². The Morgan fingerprint density at radius 2 is 2.25 bits per heavy atom.